The molecular weight excluding hydrogens is 364 g/mol. The number of benzene rings is 2. The van der Waals surface area contributed by atoms with E-state index < -0.39 is 0 Å². The average molecular weight is 385 g/mol. The van der Waals surface area contributed by atoms with Crippen molar-refractivity contribution in [1.29, 1.82) is 0 Å². The van der Waals surface area contributed by atoms with E-state index in [9.17, 15) is 4.79 Å². The molecule has 2 heterocycles. The first-order chi connectivity index (χ1) is 13.0. The third-order valence-corrected chi connectivity index (χ3v) is 5.17. The summed E-state index contributed by atoms with van der Waals surface area (Å²) >= 11 is 6.32. The summed E-state index contributed by atoms with van der Waals surface area (Å²) in [7, 11) is 0. The second-order valence-corrected chi connectivity index (χ2v) is 7.18. The Bertz CT molecular complexity index is 1030. The molecule has 0 spiro atoms. The molecule has 1 amide bonds. The highest BCUT2D eigenvalue weighted by atomic mass is 35.5. The summed E-state index contributed by atoms with van der Waals surface area (Å²) in [6, 6.07) is 9.36. The number of aromatic nitrogens is 1. The standard InChI is InChI=1S/C21H21ClN2O3/c1-12-13(2)24-18-5-4-15(10-16(12)18)21(25)23-11-14-8-17(22)20-19(9-14)26-6-3-7-27-20/h4-5,8-10,24H,3,6-7,11H2,1-2H3,(H,23,25). The quantitative estimate of drug-likeness (QED) is 0.697. The number of hydrogen-bond donors (Lipinski definition) is 2. The van der Waals surface area contributed by atoms with Gasteiger partial charge < -0.3 is 19.8 Å². The van der Waals surface area contributed by atoms with E-state index in [1.54, 1.807) is 6.07 Å². The summed E-state index contributed by atoms with van der Waals surface area (Å²) in [6.07, 6.45) is 0.817. The second kappa shape index (κ2) is 7.16. The number of carbonyl (C=O) groups is 1. The van der Waals surface area contributed by atoms with Crippen molar-refractivity contribution in [1.82, 2.24) is 10.3 Å². The van der Waals surface area contributed by atoms with E-state index in [0.29, 0.717) is 41.8 Å². The highest BCUT2D eigenvalue weighted by molar-refractivity contribution is 6.32. The van der Waals surface area contributed by atoms with Crippen LogP contribution in [-0.4, -0.2) is 24.1 Å². The van der Waals surface area contributed by atoms with Crippen LogP contribution in [0, 0.1) is 13.8 Å². The van der Waals surface area contributed by atoms with Crippen LogP contribution in [0.4, 0.5) is 0 Å². The molecule has 0 fully saturated rings. The first kappa shape index (κ1) is 17.7. The van der Waals surface area contributed by atoms with E-state index in [2.05, 4.69) is 17.2 Å². The predicted molar refractivity (Wildman–Crippen MR) is 106 cm³/mol. The summed E-state index contributed by atoms with van der Waals surface area (Å²) in [5.74, 6) is 1.08. The molecule has 0 atom stereocenters. The van der Waals surface area contributed by atoms with E-state index in [1.807, 2.05) is 31.2 Å². The maximum absolute atomic E-state index is 12.6. The Labute approximate surface area is 162 Å². The molecule has 1 aliphatic rings. The fourth-order valence-electron chi connectivity index (χ4n) is 3.27. The lowest BCUT2D eigenvalue weighted by atomic mass is 10.1. The molecule has 2 N–H and O–H groups in total. The van der Waals surface area contributed by atoms with E-state index >= 15 is 0 Å². The maximum Gasteiger partial charge on any atom is 0.251 e. The van der Waals surface area contributed by atoms with Crippen LogP contribution in [0.1, 0.15) is 33.6 Å². The van der Waals surface area contributed by atoms with E-state index in [4.69, 9.17) is 21.1 Å². The molecule has 0 saturated heterocycles. The Balaban J connectivity index is 1.52. The van der Waals surface area contributed by atoms with Crippen molar-refractivity contribution in [2.45, 2.75) is 26.8 Å². The van der Waals surface area contributed by atoms with Gasteiger partial charge in [-0.3, -0.25) is 4.79 Å². The van der Waals surface area contributed by atoms with Gasteiger partial charge in [0.1, 0.15) is 0 Å². The lowest BCUT2D eigenvalue weighted by Crippen LogP contribution is -2.22. The molecule has 1 aliphatic heterocycles. The molecule has 0 saturated carbocycles. The smallest absolute Gasteiger partial charge is 0.251 e. The van der Waals surface area contributed by atoms with Gasteiger partial charge in [-0.2, -0.15) is 0 Å². The third kappa shape index (κ3) is 3.47. The number of halogens is 1. The largest absolute Gasteiger partial charge is 0.489 e. The minimum atomic E-state index is -0.126. The van der Waals surface area contributed by atoms with Crippen molar-refractivity contribution in [3.63, 3.8) is 0 Å². The molecule has 2 aromatic carbocycles. The molecule has 0 unspecified atom stereocenters. The van der Waals surface area contributed by atoms with Gasteiger partial charge in [-0.1, -0.05) is 11.6 Å². The zero-order valence-electron chi connectivity index (χ0n) is 15.3. The fraction of sp³-hybridized carbons (Fsp3) is 0.286. The Morgan fingerprint density at radius 1 is 1.19 bits per heavy atom. The van der Waals surface area contributed by atoms with Crippen molar-refractivity contribution < 1.29 is 14.3 Å². The number of H-pyrrole nitrogens is 1. The van der Waals surface area contributed by atoms with Crippen LogP contribution in [0.2, 0.25) is 5.02 Å². The molecule has 27 heavy (non-hydrogen) atoms. The van der Waals surface area contributed by atoms with Crippen LogP contribution in [-0.2, 0) is 6.54 Å². The fourth-order valence-corrected chi connectivity index (χ4v) is 3.56. The number of ether oxygens (including phenoxy) is 2. The third-order valence-electron chi connectivity index (χ3n) is 4.89. The summed E-state index contributed by atoms with van der Waals surface area (Å²) in [5, 5.41) is 4.52. The van der Waals surface area contributed by atoms with E-state index in [1.165, 1.54) is 0 Å². The summed E-state index contributed by atoms with van der Waals surface area (Å²) in [4.78, 5) is 15.9. The van der Waals surface area contributed by atoms with Gasteiger partial charge in [-0.05, 0) is 55.3 Å². The lowest BCUT2D eigenvalue weighted by Gasteiger charge is -2.12. The van der Waals surface area contributed by atoms with Gasteiger partial charge in [-0.15, -0.1) is 0 Å². The first-order valence-electron chi connectivity index (χ1n) is 8.98. The lowest BCUT2D eigenvalue weighted by molar-refractivity contribution is 0.0951. The molecule has 0 radical (unpaired) electrons. The molecule has 0 bridgehead atoms. The zero-order valence-corrected chi connectivity index (χ0v) is 16.1. The second-order valence-electron chi connectivity index (χ2n) is 6.77. The van der Waals surface area contributed by atoms with Crippen molar-refractivity contribution in [2.24, 2.45) is 0 Å². The Morgan fingerprint density at radius 2 is 2.00 bits per heavy atom. The maximum atomic E-state index is 12.6. The van der Waals surface area contributed by atoms with Crippen LogP contribution in [0.3, 0.4) is 0 Å². The molecule has 1 aromatic heterocycles. The van der Waals surface area contributed by atoms with Crippen LogP contribution in [0.15, 0.2) is 30.3 Å². The first-order valence-corrected chi connectivity index (χ1v) is 9.36. The van der Waals surface area contributed by atoms with Crippen LogP contribution >= 0.6 is 11.6 Å². The van der Waals surface area contributed by atoms with Crippen molar-refractivity contribution in [3.05, 3.63) is 57.7 Å². The average Bonchev–Trinajstić information content (AvgIpc) is 2.83. The summed E-state index contributed by atoms with van der Waals surface area (Å²) in [5.41, 5.74) is 4.81. The van der Waals surface area contributed by atoms with Gasteiger partial charge in [0.25, 0.3) is 5.91 Å². The van der Waals surface area contributed by atoms with Gasteiger partial charge >= 0.3 is 0 Å². The molecule has 3 aromatic rings. The minimum Gasteiger partial charge on any atom is -0.489 e. The van der Waals surface area contributed by atoms with Crippen LogP contribution < -0.4 is 14.8 Å². The Hall–Kier alpha value is -2.66. The van der Waals surface area contributed by atoms with Gasteiger partial charge in [0.15, 0.2) is 11.5 Å². The zero-order chi connectivity index (χ0) is 19.0. The number of fused-ring (bicyclic) bond motifs is 2. The van der Waals surface area contributed by atoms with Crippen molar-refractivity contribution in [3.8, 4) is 11.5 Å². The molecule has 140 valence electrons. The van der Waals surface area contributed by atoms with Gasteiger partial charge in [-0.25, -0.2) is 0 Å². The highest BCUT2D eigenvalue weighted by Gasteiger charge is 2.16. The molecule has 4 rings (SSSR count). The number of rotatable bonds is 3. The molecule has 6 heteroatoms. The highest BCUT2D eigenvalue weighted by Crippen LogP contribution is 2.38. The normalized spacial score (nSPS) is 13.4. The van der Waals surface area contributed by atoms with Crippen molar-refractivity contribution in [2.75, 3.05) is 13.2 Å². The van der Waals surface area contributed by atoms with Crippen molar-refractivity contribution >= 4 is 28.4 Å². The van der Waals surface area contributed by atoms with Crippen LogP contribution in [0.25, 0.3) is 10.9 Å². The number of amides is 1. The topological polar surface area (TPSA) is 63.4 Å². The predicted octanol–water partition coefficient (Wildman–Crippen LogP) is 4.53. The number of hydrogen-bond acceptors (Lipinski definition) is 3. The monoisotopic (exact) mass is 384 g/mol. The SMILES string of the molecule is Cc1[nH]c2ccc(C(=O)NCc3cc(Cl)c4c(c3)OCCCO4)cc2c1C. The van der Waals surface area contributed by atoms with Gasteiger partial charge in [0, 0.05) is 35.1 Å². The number of nitrogens with one attached hydrogen (secondary N) is 2. The Kier molecular flexibility index (Phi) is 4.70. The van der Waals surface area contributed by atoms with Gasteiger partial charge in [0.2, 0.25) is 0 Å². The number of carbonyl (C=O) groups excluding carboxylic acids is 1. The Morgan fingerprint density at radius 3 is 2.85 bits per heavy atom. The summed E-state index contributed by atoms with van der Waals surface area (Å²) in [6.45, 7) is 5.62. The summed E-state index contributed by atoms with van der Waals surface area (Å²) < 4.78 is 11.3. The van der Waals surface area contributed by atoms with Crippen LogP contribution in [0.5, 0.6) is 11.5 Å². The van der Waals surface area contributed by atoms with E-state index in [0.717, 1.165) is 34.1 Å². The molecule has 5 nitrogen and oxygen atoms in total. The molecule has 0 aliphatic carbocycles. The van der Waals surface area contributed by atoms with Gasteiger partial charge in [0.05, 0.1) is 18.2 Å². The molecular formula is C21H21ClN2O3. The van der Waals surface area contributed by atoms with E-state index in [-0.39, 0.29) is 5.91 Å². The minimum absolute atomic E-state index is 0.126. The number of aryl methyl sites for hydroxylation is 2. The number of aromatic amines is 1.